The third-order valence-corrected chi connectivity index (χ3v) is 4.76. The lowest BCUT2D eigenvalue weighted by Gasteiger charge is -2.15. The molecule has 0 fully saturated rings. The summed E-state index contributed by atoms with van der Waals surface area (Å²) in [4.78, 5) is 10.3. The molecule has 0 unspecified atom stereocenters. The molecule has 3 aromatic carbocycles. The van der Waals surface area contributed by atoms with Crippen molar-refractivity contribution in [2.75, 3.05) is 19.0 Å². The highest BCUT2D eigenvalue weighted by atomic mass is 35.5. The molecule has 0 saturated carbocycles. The Morgan fingerprint density at radius 1 is 1.00 bits per heavy atom. The van der Waals surface area contributed by atoms with Gasteiger partial charge < -0.3 is 19.5 Å². The van der Waals surface area contributed by atoms with Gasteiger partial charge in [0.25, 0.3) is 5.69 Å². The van der Waals surface area contributed by atoms with Gasteiger partial charge in [0.15, 0.2) is 11.5 Å². The highest BCUT2D eigenvalue weighted by Crippen LogP contribution is 2.37. The van der Waals surface area contributed by atoms with E-state index in [0.717, 1.165) is 22.6 Å². The zero-order valence-corrected chi connectivity index (χ0v) is 18.0. The van der Waals surface area contributed by atoms with E-state index in [1.165, 1.54) is 12.1 Å². The van der Waals surface area contributed by atoms with E-state index in [-0.39, 0.29) is 12.3 Å². The van der Waals surface area contributed by atoms with Gasteiger partial charge in [-0.2, -0.15) is 0 Å². The van der Waals surface area contributed by atoms with Crippen molar-refractivity contribution in [3.05, 3.63) is 86.9 Å². The molecule has 0 spiro atoms. The zero-order valence-electron chi connectivity index (χ0n) is 17.3. The fourth-order valence-electron chi connectivity index (χ4n) is 2.92. The van der Waals surface area contributed by atoms with E-state index in [1.807, 2.05) is 43.3 Å². The van der Waals surface area contributed by atoms with Crippen molar-refractivity contribution in [1.82, 2.24) is 0 Å². The van der Waals surface area contributed by atoms with Gasteiger partial charge >= 0.3 is 0 Å². The van der Waals surface area contributed by atoms with E-state index in [0.29, 0.717) is 29.7 Å². The molecule has 31 heavy (non-hydrogen) atoms. The molecule has 0 aromatic heterocycles. The number of ether oxygens (including phenoxy) is 3. The number of nitro groups is 1. The summed E-state index contributed by atoms with van der Waals surface area (Å²) in [7, 11) is 1.55. The van der Waals surface area contributed by atoms with Crippen molar-refractivity contribution >= 4 is 23.0 Å². The molecule has 0 radical (unpaired) electrons. The fourth-order valence-corrected chi connectivity index (χ4v) is 3.21. The minimum atomic E-state index is -0.440. The highest BCUT2D eigenvalue weighted by Gasteiger charge is 2.13. The largest absolute Gasteiger partial charge is 0.494 e. The molecular weight excluding hydrogens is 420 g/mol. The predicted molar refractivity (Wildman–Crippen MR) is 120 cm³/mol. The normalized spacial score (nSPS) is 10.4. The Balaban J connectivity index is 1.65. The molecule has 0 amide bonds. The molecule has 1 N–H and O–H groups in total. The summed E-state index contributed by atoms with van der Waals surface area (Å²) in [6.07, 6.45) is 0. The minimum absolute atomic E-state index is 0.0312. The van der Waals surface area contributed by atoms with E-state index in [9.17, 15) is 10.1 Å². The highest BCUT2D eigenvalue weighted by molar-refractivity contribution is 6.32. The van der Waals surface area contributed by atoms with Gasteiger partial charge in [-0.05, 0) is 66.6 Å². The van der Waals surface area contributed by atoms with Crippen LogP contribution in [0.25, 0.3) is 0 Å². The lowest BCUT2D eigenvalue weighted by Crippen LogP contribution is -2.03. The quantitative estimate of drug-likeness (QED) is 0.313. The molecule has 0 aliphatic heterocycles. The monoisotopic (exact) mass is 442 g/mol. The molecule has 0 atom stereocenters. The summed E-state index contributed by atoms with van der Waals surface area (Å²) >= 11 is 6.45. The number of methoxy groups -OCH3 is 1. The summed E-state index contributed by atoms with van der Waals surface area (Å²) in [6.45, 7) is 3.33. The summed E-state index contributed by atoms with van der Waals surface area (Å²) in [5.41, 5.74) is 2.70. The van der Waals surface area contributed by atoms with Gasteiger partial charge in [-0.1, -0.05) is 11.6 Å². The van der Waals surface area contributed by atoms with Crippen LogP contribution in [0.15, 0.2) is 60.7 Å². The second-order valence-electron chi connectivity index (χ2n) is 6.63. The predicted octanol–water partition coefficient (Wildman–Crippen LogP) is 5.85. The molecule has 0 aliphatic rings. The fraction of sp³-hybridized carbons (Fsp3) is 0.217. The Kier molecular flexibility index (Phi) is 7.56. The van der Waals surface area contributed by atoms with Crippen molar-refractivity contribution in [1.29, 1.82) is 0 Å². The van der Waals surface area contributed by atoms with Gasteiger partial charge in [-0.3, -0.25) is 10.1 Å². The number of hydrogen-bond donors (Lipinski definition) is 1. The number of anilines is 1. The van der Waals surface area contributed by atoms with Crippen molar-refractivity contribution < 1.29 is 19.1 Å². The molecule has 8 heteroatoms. The SMILES string of the molecule is CCOc1ccc(NCc2cc(Cl)c(OCc3ccc([N+](=O)[O-])cc3)c(OC)c2)cc1. The summed E-state index contributed by atoms with van der Waals surface area (Å²) in [6, 6.07) is 17.6. The lowest BCUT2D eigenvalue weighted by atomic mass is 10.2. The third-order valence-electron chi connectivity index (χ3n) is 4.48. The van der Waals surface area contributed by atoms with Crippen LogP contribution >= 0.6 is 11.6 Å². The first-order chi connectivity index (χ1) is 15.0. The number of non-ortho nitro benzene ring substituents is 1. The first-order valence-electron chi connectivity index (χ1n) is 9.69. The van der Waals surface area contributed by atoms with Crippen LogP contribution in [0.2, 0.25) is 5.02 Å². The molecule has 3 rings (SSSR count). The number of nitrogens with one attached hydrogen (secondary N) is 1. The van der Waals surface area contributed by atoms with Gasteiger partial charge in [0, 0.05) is 24.4 Å². The van der Waals surface area contributed by atoms with Crippen molar-refractivity contribution in [3.63, 3.8) is 0 Å². The first-order valence-corrected chi connectivity index (χ1v) is 10.1. The van der Waals surface area contributed by atoms with Crippen LogP contribution in [0, 0.1) is 10.1 Å². The summed E-state index contributed by atoms with van der Waals surface area (Å²) in [5, 5.41) is 14.5. The average Bonchev–Trinajstić information content (AvgIpc) is 2.78. The Bertz CT molecular complexity index is 1020. The summed E-state index contributed by atoms with van der Waals surface area (Å²) in [5.74, 6) is 1.76. The topological polar surface area (TPSA) is 82.9 Å². The molecule has 0 aliphatic carbocycles. The number of halogens is 1. The molecule has 3 aromatic rings. The molecule has 162 valence electrons. The van der Waals surface area contributed by atoms with Crippen LogP contribution in [0.4, 0.5) is 11.4 Å². The Morgan fingerprint density at radius 3 is 2.32 bits per heavy atom. The standard InChI is InChI=1S/C23H23ClN2O5/c1-3-30-20-10-6-18(7-11-20)25-14-17-12-21(24)23(22(13-17)29-2)31-15-16-4-8-19(9-5-16)26(27)28/h4-13,25H,3,14-15H2,1-2H3. The first kappa shape index (κ1) is 22.2. The number of rotatable bonds is 10. The molecule has 0 saturated heterocycles. The van der Waals surface area contributed by atoms with Crippen LogP contribution in [0.5, 0.6) is 17.2 Å². The van der Waals surface area contributed by atoms with Crippen LogP contribution in [-0.4, -0.2) is 18.6 Å². The van der Waals surface area contributed by atoms with E-state index >= 15 is 0 Å². The molecule has 0 bridgehead atoms. The van der Waals surface area contributed by atoms with Gasteiger partial charge in [0.1, 0.15) is 12.4 Å². The van der Waals surface area contributed by atoms with Crippen LogP contribution in [0.3, 0.4) is 0 Å². The second kappa shape index (κ2) is 10.5. The smallest absolute Gasteiger partial charge is 0.269 e. The second-order valence-corrected chi connectivity index (χ2v) is 7.04. The van der Waals surface area contributed by atoms with E-state index < -0.39 is 4.92 Å². The maximum absolute atomic E-state index is 10.8. The van der Waals surface area contributed by atoms with E-state index in [1.54, 1.807) is 19.2 Å². The molecule has 7 nitrogen and oxygen atoms in total. The minimum Gasteiger partial charge on any atom is -0.494 e. The van der Waals surface area contributed by atoms with Gasteiger partial charge in [-0.15, -0.1) is 0 Å². The molecular formula is C23H23ClN2O5. The average molecular weight is 443 g/mol. The van der Waals surface area contributed by atoms with Crippen LogP contribution in [-0.2, 0) is 13.2 Å². The number of nitro benzene ring substituents is 1. The summed E-state index contributed by atoms with van der Waals surface area (Å²) < 4.78 is 16.7. The Labute approximate surface area is 185 Å². The van der Waals surface area contributed by atoms with E-state index in [4.69, 9.17) is 25.8 Å². The van der Waals surface area contributed by atoms with Gasteiger partial charge in [0.2, 0.25) is 0 Å². The molecule has 0 heterocycles. The van der Waals surface area contributed by atoms with Crippen molar-refractivity contribution in [3.8, 4) is 17.2 Å². The van der Waals surface area contributed by atoms with E-state index in [2.05, 4.69) is 5.32 Å². The van der Waals surface area contributed by atoms with Gasteiger partial charge in [-0.25, -0.2) is 0 Å². The van der Waals surface area contributed by atoms with Crippen molar-refractivity contribution in [2.45, 2.75) is 20.1 Å². The third kappa shape index (κ3) is 6.02. The number of benzene rings is 3. The van der Waals surface area contributed by atoms with Crippen LogP contribution < -0.4 is 19.5 Å². The van der Waals surface area contributed by atoms with Gasteiger partial charge in [0.05, 0.1) is 23.7 Å². The maximum Gasteiger partial charge on any atom is 0.269 e. The Morgan fingerprint density at radius 2 is 1.71 bits per heavy atom. The zero-order chi connectivity index (χ0) is 22.2. The Hall–Kier alpha value is -3.45. The maximum atomic E-state index is 10.8. The van der Waals surface area contributed by atoms with Crippen molar-refractivity contribution in [2.24, 2.45) is 0 Å². The number of nitrogens with zero attached hydrogens (tertiary/aromatic N) is 1. The lowest BCUT2D eigenvalue weighted by molar-refractivity contribution is -0.384. The van der Waals surface area contributed by atoms with Crippen LogP contribution in [0.1, 0.15) is 18.1 Å². The number of hydrogen-bond acceptors (Lipinski definition) is 6.